The van der Waals surface area contributed by atoms with Gasteiger partial charge in [-0.3, -0.25) is 9.79 Å². The third-order valence-electron chi connectivity index (χ3n) is 4.55. The Hall–Kier alpha value is -1.32. The van der Waals surface area contributed by atoms with Crippen LogP contribution >= 0.6 is 24.0 Å². The molecule has 1 aromatic rings. The van der Waals surface area contributed by atoms with Crippen LogP contribution in [0.4, 0.5) is 0 Å². The summed E-state index contributed by atoms with van der Waals surface area (Å²) in [7, 11) is 1.81. The number of imidazole rings is 1. The standard InChI is InChI=1S/C17H30N6O.HI/c1-14-20-8-11-22(14)9-4-3-7-21-17(19-2)23-10-5-6-15(13-23)12-16(18)24;/h8,11,15H,3-7,9-10,12-13H2,1-2H3,(H2,18,24)(H,19,21);1H. The van der Waals surface area contributed by atoms with Crippen LogP contribution in [-0.2, 0) is 11.3 Å². The second-order valence-electron chi connectivity index (χ2n) is 6.47. The number of hydrogen-bond acceptors (Lipinski definition) is 3. The van der Waals surface area contributed by atoms with Crippen LogP contribution in [0.2, 0.25) is 0 Å². The van der Waals surface area contributed by atoms with Gasteiger partial charge in [-0.05, 0) is 38.5 Å². The average molecular weight is 462 g/mol. The molecular formula is C17H31IN6O. The zero-order valence-corrected chi connectivity index (χ0v) is 17.6. The summed E-state index contributed by atoms with van der Waals surface area (Å²) < 4.78 is 2.17. The number of nitrogens with one attached hydrogen (secondary N) is 1. The molecule has 0 aromatic carbocycles. The molecule has 142 valence electrons. The summed E-state index contributed by atoms with van der Waals surface area (Å²) in [5.74, 6) is 2.13. The van der Waals surface area contributed by atoms with Crippen LogP contribution in [0.15, 0.2) is 17.4 Å². The van der Waals surface area contributed by atoms with E-state index in [0.29, 0.717) is 12.3 Å². The molecule has 1 unspecified atom stereocenters. The number of likely N-dealkylation sites (tertiary alicyclic amines) is 1. The molecule has 8 heteroatoms. The van der Waals surface area contributed by atoms with Gasteiger partial charge in [0, 0.05) is 52.0 Å². The van der Waals surface area contributed by atoms with Gasteiger partial charge in [0.15, 0.2) is 5.96 Å². The molecule has 1 aliphatic heterocycles. The summed E-state index contributed by atoms with van der Waals surface area (Å²) in [5, 5.41) is 3.44. The average Bonchev–Trinajstić information content (AvgIpc) is 2.96. The molecule has 1 atom stereocenters. The number of aromatic nitrogens is 2. The number of aryl methyl sites for hydroxylation is 2. The molecule has 1 fully saturated rings. The van der Waals surface area contributed by atoms with E-state index in [1.54, 1.807) is 0 Å². The summed E-state index contributed by atoms with van der Waals surface area (Å²) in [4.78, 5) is 22.0. The molecule has 2 rings (SSSR count). The molecular weight excluding hydrogens is 431 g/mol. The minimum atomic E-state index is -0.209. The SMILES string of the molecule is CN=C(NCCCCn1ccnc1C)N1CCCC(CC(N)=O)C1.I. The molecule has 0 bridgehead atoms. The van der Waals surface area contributed by atoms with Crippen molar-refractivity contribution in [1.29, 1.82) is 0 Å². The Morgan fingerprint density at radius 2 is 2.28 bits per heavy atom. The number of aliphatic imine (C=N–C) groups is 1. The molecule has 2 heterocycles. The van der Waals surface area contributed by atoms with Crippen molar-refractivity contribution in [2.75, 3.05) is 26.7 Å². The number of carbonyl (C=O) groups excluding carboxylic acids is 1. The van der Waals surface area contributed by atoms with Crippen LogP contribution in [0.25, 0.3) is 0 Å². The van der Waals surface area contributed by atoms with Gasteiger partial charge < -0.3 is 20.5 Å². The topological polar surface area (TPSA) is 88.5 Å². The van der Waals surface area contributed by atoms with Gasteiger partial charge in [0.2, 0.25) is 5.91 Å². The van der Waals surface area contributed by atoms with Crippen LogP contribution in [-0.4, -0.2) is 53.0 Å². The highest BCUT2D eigenvalue weighted by Crippen LogP contribution is 2.19. The highest BCUT2D eigenvalue weighted by atomic mass is 127. The maximum absolute atomic E-state index is 11.1. The predicted molar refractivity (Wildman–Crippen MR) is 111 cm³/mol. The molecule has 0 spiro atoms. The van der Waals surface area contributed by atoms with Crippen molar-refractivity contribution < 1.29 is 4.79 Å². The fraction of sp³-hybridized carbons (Fsp3) is 0.706. The number of unbranched alkanes of at least 4 members (excludes halogenated alkanes) is 1. The van der Waals surface area contributed by atoms with Gasteiger partial charge in [0.25, 0.3) is 0 Å². The number of nitrogens with two attached hydrogens (primary N) is 1. The van der Waals surface area contributed by atoms with E-state index in [4.69, 9.17) is 5.73 Å². The Balaban J connectivity index is 0.00000312. The molecule has 1 aliphatic rings. The second kappa shape index (κ2) is 11.3. The van der Waals surface area contributed by atoms with Crippen LogP contribution in [0.3, 0.4) is 0 Å². The van der Waals surface area contributed by atoms with Crippen molar-refractivity contribution in [2.24, 2.45) is 16.6 Å². The van der Waals surface area contributed by atoms with Crippen molar-refractivity contribution in [3.05, 3.63) is 18.2 Å². The van der Waals surface area contributed by atoms with Crippen LogP contribution in [0, 0.1) is 12.8 Å². The van der Waals surface area contributed by atoms with Crippen molar-refractivity contribution in [3.8, 4) is 0 Å². The monoisotopic (exact) mass is 462 g/mol. The smallest absolute Gasteiger partial charge is 0.217 e. The maximum Gasteiger partial charge on any atom is 0.217 e. The Bertz CT molecular complexity index is 559. The number of hydrogen-bond donors (Lipinski definition) is 2. The number of halogens is 1. The molecule has 7 nitrogen and oxygen atoms in total. The second-order valence-corrected chi connectivity index (χ2v) is 6.47. The number of carbonyl (C=O) groups is 1. The van der Waals surface area contributed by atoms with Crippen molar-refractivity contribution >= 4 is 35.8 Å². The molecule has 1 amide bonds. The lowest BCUT2D eigenvalue weighted by atomic mass is 9.95. The summed E-state index contributed by atoms with van der Waals surface area (Å²) >= 11 is 0. The maximum atomic E-state index is 11.1. The van der Waals surface area contributed by atoms with E-state index in [-0.39, 0.29) is 29.9 Å². The van der Waals surface area contributed by atoms with Crippen molar-refractivity contribution in [2.45, 2.75) is 45.6 Å². The van der Waals surface area contributed by atoms with Crippen LogP contribution in [0.1, 0.15) is 37.9 Å². The number of nitrogens with zero attached hydrogens (tertiary/aromatic N) is 4. The van der Waals surface area contributed by atoms with Gasteiger partial charge in [-0.2, -0.15) is 0 Å². The number of piperidine rings is 1. The molecule has 0 radical (unpaired) electrons. The molecule has 3 N–H and O–H groups in total. The number of amides is 1. The summed E-state index contributed by atoms with van der Waals surface area (Å²) in [6.07, 6.45) is 8.67. The first-order valence-electron chi connectivity index (χ1n) is 8.81. The van der Waals surface area contributed by atoms with E-state index in [1.807, 2.05) is 26.4 Å². The van der Waals surface area contributed by atoms with E-state index < -0.39 is 0 Å². The highest BCUT2D eigenvalue weighted by Gasteiger charge is 2.23. The van der Waals surface area contributed by atoms with Gasteiger partial charge in [0.05, 0.1) is 0 Å². The first-order chi connectivity index (χ1) is 11.6. The third kappa shape index (κ3) is 7.21. The fourth-order valence-electron chi connectivity index (χ4n) is 3.29. The Morgan fingerprint density at radius 1 is 1.48 bits per heavy atom. The van der Waals surface area contributed by atoms with Crippen molar-refractivity contribution in [1.82, 2.24) is 19.8 Å². The van der Waals surface area contributed by atoms with Gasteiger partial charge in [-0.1, -0.05) is 0 Å². The molecule has 0 aliphatic carbocycles. The molecule has 0 saturated carbocycles. The lowest BCUT2D eigenvalue weighted by Crippen LogP contribution is -2.47. The van der Waals surface area contributed by atoms with E-state index in [9.17, 15) is 4.79 Å². The normalized spacial score (nSPS) is 17.9. The quantitative estimate of drug-likeness (QED) is 0.280. The van der Waals surface area contributed by atoms with E-state index in [2.05, 4.69) is 24.8 Å². The zero-order valence-electron chi connectivity index (χ0n) is 15.3. The highest BCUT2D eigenvalue weighted by molar-refractivity contribution is 14.0. The van der Waals surface area contributed by atoms with E-state index >= 15 is 0 Å². The van der Waals surface area contributed by atoms with Crippen LogP contribution < -0.4 is 11.1 Å². The lowest BCUT2D eigenvalue weighted by Gasteiger charge is -2.34. The van der Waals surface area contributed by atoms with Gasteiger partial charge >= 0.3 is 0 Å². The minimum absolute atomic E-state index is 0. The van der Waals surface area contributed by atoms with E-state index in [0.717, 1.165) is 63.6 Å². The Morgan fingerprint density at radius 3 is 2.92 bits per heavy atom. The first-order valence-corrected chi connectivity index (χ1v) is 8.81. The Labute approximate surface area is 167 Å². The minimum Gasteiger partial charge on any atom is -0.370 e. The molecule has 25 heavy (non-hydrogen) atoms. The summed E-state index contributed by atoms with van der Waals surface area (Å²) in [5.41, 5.74) is 5.33. The number of guanidine groups is 1. The number of primary amides is 1. The zero-order chi connectivity index (χ0) is 17.4. The first kappa shape index (κ1) is 21.7. The van der Waals surface area contributed by atoms with Gasteiger partial charge in [-0.25, -0.2) is 4.98 Å². The Kier molecular flexibility index (Phi) is 9.84. The predicted octanol–water partition coefficient (Wildman–Crippen LogP) is 1.75. The number of rotatable bonds is 7. The molecule has 1 aromatic heterocycles. The van der Waals surface area contributed by atoms with E-state index in [1.165, 1.54) is 0 Å². The van der Waals surface area contributed by atoms with Crippen LogP contribution in [0.5, 0.6) is 0 Å². The lowest BCUT2D eigenvalue weighted by molar-refractivity contribution is -0.119. The van der Waals surface area contributed by atoms with Crippen molar-refractivity contribution in [3.63, 3.8) is 0 Å². The van der Waals surface area contributed by atoms with Gasteiger partial charge in [-0.15, -0.1) is 24.0 Å². The largest absolute Gasteiger partial charge is 0.370 e. The third-order valence-corrected chi connectivity index (χ3v) is 4.55. The summed E-state index contributed by atoms with van der Waals surface area (Å²) in [6, 6.07) is 0. The fourth-order valence-corrected chi connectivity index (χ4v) is 3.29. The molecule has 1 saturated heterocycles. The van der Waals surface area contributed by atoms with Gasteiger partial charge in [0.1, 0.15) is 5.82 Å². The summed E-state index contributed by atoms with van der Waals surface area (Å²) in [6.45, 7) is 5.77.